The number of nitrogens with one attached hydrogen (secondary N) is 1. The molecule has 0 saturated heterocycles. The number of nitrogens with zero attached hydrogens (tertiary/aromatic N) is 2. The molecule has 1 aliphatic heterocycles. The third-order valence-corrected chi connectivity index (χ3v) is 3.69. The Morgan fingerprint density at radius 2 is 2.20 bits per heavy atom. The molecular formula is C12H17N3. The van der Waals surface area contributed by atoms with Crippen LogP contribution in [0.3, 0.4) is 0 Å². The first-order valence-electron chi connectivity index (χ1n) is 5.90. The summed E-state index contributed by atoms with van der Waals surface area (Å²) in [5.74, 6) is 1.56. The Kier molecular flexibility index (Phi) is 2.20. The molecule has 0 spiro atoms. The van der Waals surface area contributed by atoms with Crippen molar-refractivity contribution >= 4 is 0 Å². The highest BCUT2D eigenvalue weighted by Crippen LogP contribution is 2.36. The van der Waals surface area contributed by atoms with Gasteiger partial charge in [0.2, 0.25) is 0 Å². The zero-order valence-electron chi connectivity index (χ0n) is 9.16. The van der Waals surface area contributed by atoms with Crippen molar-refractivity contribution in [1.29, 1.82) is 0 Å². The zero-order valence-corrected chi connectivity index (χ0v) is 9.16. The van der Waals surface area contributed by atoms with Crippen molar-refractivity contribution in [3.05, 3.63) is 23.3 Å². The van der Waals surface area contributed by atoms with Gasteiger partial charge in [-0.15, -0.1) is 0 Å². The van der Waals surface area contributed by atoms with Crippen LogP contribution in [-0.2, 0) is 6.54 Å². The van der Waals surface area contributed by atoms with Crippen LogP contribution in [0.25, 0.3) is 0 Å². The molecule has 0 radical (unpaired) electrons. The van der Waals surface area contributed by atoms with Crippen LogP contribution in [0.4, 0.5) is 0 Å². The Labute approximate surface area is 90.3 Å². The SMILES string of the molecule is Cc1ncc2c(n1)C1CCCCC1NC2. The second-order valence-electron chi connectivity index (χ2n) is 4.71. The van der Waals surface area contributed by atoms with Crippen molar-refractivity contribution in [1.82, 2.24) is 15.3 Å². The van der Waals surface area contributed by atoms with Gasteiger partial charge in [0.25, 0.3) is 0 Å². The topological polar surface area (TPSA) is 37.8 Å². The van der Waals surface area contributed by atoms with E-state index in [1.165, 1.54) is 36.9 Å². The fraction of sp³-hybridized carbons (Fsp3) is 0.667. The van der Waals surface area contributed by atoms with E-state index >= 15 is 0 Å². The van der Waals surface area contributed by atoms with Gasteiger partial charge in [0, 0.05) is 30.3 Å². The number of rotatable bonds is 0. The smallest absolute Gasteiger partial charge is 0.125 e. The van der Waals surface area contributed by atoms with E-state index in [4.69, 9.17) is 0 Å². The standard InChI is InChI=1S/C12H17N3/c1-8-13-6-9-7-14-11-5-3-2-4-10(11)12(9)15-8/h6,10-11,14H,2-5,7H2,1H3. The fourth-order valence-electron chi connectivity index (χ4n) is 2.91. The summed E-state index contributed by atoms with van der Waals surface area (Å²) < 4.78 is 0. The van der Waals surface area contributed by atoms with E-state index in [9.17, 15) is 0 Å². The van der Waals surface area contributed by atoms with Crippen molar-refractivity contribution in [2.24, 2.45) is 0 Å². The maximum Gasteiger partial charge on any atom is 0.125 e. The Morgan fingerprint density at radius 3 is 3.13 bits per heavy atom. The first-order chi connectivity index (χ1) is 7.34. The van der Waals surface area contributed by atoms with E-state index < -0.39 is 0 Å². The second kappa shape index (κ2) is 3.56. The predicted octanol–water partition coefficient (Wildman–Crippen LogP) is 1.91. The molecule has 2 atom stereocenters. The number of aromatic nitrogens is 2. The normalized spacial score (nSPS) is 29.4. The Morgan fingerprint density at radius 1 is 1.33 bits per heavy atom. The molecular weight excluding hydrogens is 186 g/mol. The molecule has 0 bridgehead atoms. The Balaban J connectivity index is 2.01. The summed E-state index contributed by atoms with van der Waals surface area (Å²) in [6.07, 6.45) is 7.32. The van der Waals surface area contributed by atoms with Gasteiger partial charge in [-0.3, -0.25) is 0 Å². The van der Waals surface area contributed by atoms with Crippen molar-refractivity contribution in [2.75, 3.05) is 0 Å². The van der Waals surface area contributed by atoms with E-state index in [2.05, 4.69) is 15.3 Å². The molecule has 1 aromatic heterocycles. The van der Waals surface area contributed by atoms with Gasteiger partial charge in [-0.2, -0.15) is 0 Å². The van der Waals surface area contributed by atoms with Crippen molar-refractivity contribution in [3.8, 4) is 0 Å². The summed E-state index contributed by atoms with van der Waals surface area (Å²) in [5, 5.41) is 3.62. The lowest BCUT2D eigenvalue weighted by Crippen LogP contribution is -2.41. The first-order valence-corrected chi connectivity index (χ1v) is 5.90. The molecule has 1 saturated carbocycles. The third kappa shape index (κ3) is 1.55. The highest BCUT2D eigenvalue weighted by Gasteiger charge is 2.32. The minimum absolute atomic E-state index is 0.643. The molecule has 1 fully saturated rings. The molecule has 80 valence electrons. The molecule has 1 N–H and O–H groups in total. The van der Waals surface area contributed by atoms with E-state index in [0.29, 0.717) is 12.0 Å². The quantitative estimate of drug-likeness (QED) is 0.700. The third-order valence-electron chi connectivity index (χ3n) is 3.69. The molecule has 3 heteroatoms. The van der Waals surface area contributed by atoms with Crippen LogP contribution in [0.2, 0.25) is 0 Å². The lowest BCUT2D eigenvalue weighted by molar-refractivity contribution is 0.301. The average Bonchev–Trinajstić information content (AvgIpc) is 2.29. The summed E-state index contributed by atoms with van der Waals surface area (Å²) in [5.41, 5.74) is 2.63. The maximum absolute atomic E-state index is 4.65. The minimum Gasteiger partial charge on any atom is -0.309 e. The summed E-state index contributed by atoms with van der Waals surface area (Å²) in [7, 11) is 0. The van der Waals surface area contributed by atoms with E-state index in [0.717, 1.165) is 12.4 Å². The molecule has 0 amide bonds. The molecule has 2 heterocycles. The van der Waals surface area contributed by atoms with E-state index in [1.54, 1.807) is 0 Å². The van der Waals surface area contributed by atoms with Gasteiger partial charge in [-0.1, -0.05) is 12.8 Å². The van der Waals surface area contributed by atoms with Crippen LogP contribution < -0.4 is 5.32 Å². The molecule has 15 heavy (non-hydrogen) atoms. The second-order valence-corrected chi connectivity index (χ2v) is 4.71. The molecule has 1 aromatic rings. The van der Waals surface area contributed by atoms with Gasteiger partial charge in [-0.25, -0.2) is 9.97 Å². The number of hydrogen-bond acceptors (Lipinski definition) is 3. The van der Waals surface area contributed by atoms with Crippen LogP contribution in [0.1, 0.15) is 48.7 Å². The van der Waals surface area contributed by atoms with Crippen LogP contribution in [-0.4, -0.2) is 16.0 Å². The minimum atomic E-state index is 0.643. The number of hydrogen-bond donors (Lipinski definition) is 1. The van der Waals surface area contributed by atoms with Crippen molar-refractivity contribution < 1.29 is 0 Å². The maximum atomic E-state index is 4.65. The van der Waals surface area contributed by atoms with Gasteiger partial charge in [0.1, 0.15) is 5.82 Å². The van der Waals surface area contributed by atoms with Gasteiger partial charge in [0.05, 0.1) is 5.69 Å². The molecule has 1 aliphatic carbocycles. The predicted molar refractivity (Wildman–Crippen MR) is 58.6 cm³/mol. The molecule has 0 aromatic carbocycles. The molecule has 3 rings (SSSR count). The molecule has 2 aliphatic rings. The zero-order chi connectivity index (χ0) is 10.3. The van der Waals surface area contributed by atoms with Gasteiger partial charge < -0.3 is 5.32 Å². The van der Waals surface area contributed by atoms with Crippen LogP contribution in [0, 0.1) is 6.92 Å². The Hall–Kier alpha value is -0.960. The lowest BCUT2D eigenvalue weighted by atomic mass is 9.79. The monoisotopic (exact) mass is 203 g/mol. The summed E-state index contributed by atoms with van der Waals surface area (Å²) in [4.78, 5) is 8.93. The largest absolute Gasteiger partial charge is 0.309 e. The van der Waals surface area contributed by atoms with Crippen LogP contribution >= 0.6 is 0 Å². The average molecular weight is 203 g/mol. The van der Waals surface area contributed by atoms with E-state index in [-0.39, 0.29) is 0 Å². The fourth-order valence-corrected chi connectivity index (χ4v) is 2.91. The van der Waals surface area contributed by atoms with Gasteiger partial charge in [0.15, 0.2) is 0 Å². The van der Waals surface area contributed by atoms with Crippen molar-refractivity contribution in [2.45, 2.75) is 51.1 Å². The number of fused-ring (bicyclic) bond motifs is 3. The first kappa shape index (κ1) is 9.28. The highest BCUT2D eigenvalue weighted by atomic mass is 15.0. The van der Waals surface area contributed by atoms with Crippen molar-refractivity contribution in [3.63, 3.8) is 0 Å². The highest BCUT2D eigenvalue weighted by molar-refractivity contribution is 5.26. The summed E-state index contributed by atoms with van der Waals surface area (Å²) >= 11 is 0. The van der Waals surface area contributed by atoms with Gasteiger partial charge in [-0.05, 0) is 19.8 Å². The number of aryl methyl sites for hydroxylation is 1. The summed E-state index contributed by atoms with van der Waals surface area (Å²) in [6, 6.07) is 0.667. The summed E-state index contributed by atoms with van der Waals surface area (Å²) in [6.45, 7) is 2.94. The van der Waals surface area contributed by atoms with Crippen LogP contribution in [0.5, 0.6) is 0 Å². The Bertz CT molecular complexity index is 375. The molecule has 3 nitrogen and oxygen atoms in total. The molecule has 2 unspecified atom stereocenters. The lowest BCUT2D eigenvalue weighted by Gasteiger charge is -2.36. The van der Waals surface area contributed by atoms with Gasteiger partial charge >= 0.3 is 0 Å². The van der Waals surface area contributed by atoms with Crippen LogP contribution in [0.15, 0.2) is 6.20 Å². The van der Waals surface area contributed by atoms with E-state index in [1.807, 2.05) is 13.1 Å².